The van der Waals surface area contributed by atoms with Crippen LogP contribution in [-0.2, 0) is 4.74 Å². The van der Waals surface area contributed by atoms with Crippen molar-refractivity contribution in [1.82, 2.24) is 10.1 Å². The maximum absolute atomic E-state index is 11.3. The first-order valence-electron chi connectivity index (χ1n) is 4.80. The average molecular weight is 344 g/mol. The zero-order valence-corrected chi connectivity index (χ0v) is 11.4. The van der Waals surface area contributed by atoms with Crippen LogP contribution in [-0.4, -0.2) is 23.2 Å². The van der Waals surface area contributed by atoms with Crippen LogP contribution in [0, 0.1) is 10.5 Å². The molecule has 1 heterocycles. The zero-order chi connectivity index (χ0) is 12.4. The van der Waals surface area contributed by atoms with E-state index in [1.807, 2.05) is 0 Å². The third kappa shape index (κ3) is 2.46. The molecule has 0 N–H and O–H groups in total. The van der Waals surface area contributed by atoms with E-state index in [-0.39, 0.29) is 5.97 Å². The standard InChI is InChI=1S/C11H9IN2O3/c1-6-13-10(17-14-6)8-4-3-7(5-9(8)12)11(15)16-2/h3-5H,1-2H3. The number of carbonyl (C=O) groups is 1. The molecule has 0 aliphatic carbocycles. The molecule has 0 fully saturated rings. The van der Waals surface area contributed by atoms with Gasteiger partial charge in [0.15, 0.2) is 5.82 Å². The van der Waals surface area contributed by atoms with Gasteiger partial charge in [0.05, 0.1) is 18.2 Å². The van der Waals surface area contributed by atoms with Gasteiger partial charge in [-0.2, -0.15) is 4.98 Å². The minimum Gasteiger partial charge on any atom is -0.465 e. The fourth-order valence-corrected chi connectivity index (χ4v) is 2.09. The Morgan fingerprint density at radius 3 is 2.76 bits per heavy atom. The quantitative estimate of drug-likeness (QED) is 0.619. The summed E-state index contributed by atoms with van der Waals surface area (Å²) in [5.74, 6) is 0.660. The van der Waals surface area contributed by atoms with E-state index in [4.69, 9.17) is 4.52 Å². The lowest BCUT2D eigenvalue weighted by Gasteiger charge is -2.02. The SMILES string of the molecule is COC(=O)c1ccc(-c2nc(C)no2)c(I)c1. The van der Waals surface area contributed by atoms with Crippen LogP contribution in [0.1, 0.15) is 16.2 Å². The lowest BCUT2D eigenvalue weighted by molar-refractivity contribution is 0.0600. The number of aryl methyl sites for hydroxylation is 1. The first kappa shape index (κ1) is 12.0. The number of methoxy groups -OCH3 is 1. The van der Waals surface area contributed by atoms with Crippen LogP contribution in [0.5, 0.6) is 0 Å². The molecule has 1 aromatic heterocycles. The number of ether oxygens (including phenoxy) is 1. The third-order valence-corrected chi connectivity index (χ3v) is 3.04. The fourth-order valence-electron chi connectivity index (χ4n) is 1.34. The topological polar surface area (TPSA) is 65.2 Å². The molecule has 2 rings (SSSR count). The maximum Gasteiger partial charge on any atom is 0.337 e. The second kappa shape index (κ2) is 4.82. The molecule has 0 spiro atoms. The van der Waals surface area contributed by atoms with Crippen molar-refractivity contribution in [3.8, 4) is 11.5 Å². The summed E-state index contributed by atoms with van der Waals surface area (Å²) in [4.78, 5) is 15.5. The summed E-state index contributed by atoms with van der Waals surface area (Å²) in [7, 11) is 1.35. The summed E-state index contributed by atoms with van der Waals surface area (Å²) in [5.41, 5.74) is 1.30. The Balaban J connectivity index is 2.41. The Morgan fingerprint density at radius 2 is 2.24 bits per heavy atom. The van der Waals surface area contributed by atoms with E-state index in [9.17, 15) is 4.79 Å². The fraction of sp³-hybridized carbons (Fsp3) is 0.182. The van der Waals surface area contributed by atoms with Gasteiger partial charge >= 0.3 is 5.97 Å². The molecule has 88 valence electrons. The highest BCUT2D eigenvalue weighted by atomic mass is 127. The van der Waals surface area contributed by atoms with Gasteiger partial charge in [-0.3, -0.25) is 0 Å². The minimum atomic E-state index is -0.365. The molecule has 0 saturated heterocycles. The van der Waals surface area contributed by atoms with Crippen LogP contribution in [0.4, 0.5) is 0 Å². The van der Waals surface area contributed by atoms with Crippen molar-refractivity contribution >= 4 is 28.6 Å². The van der Waals surface area contributed by atoms with Crippen molar-refractivity contribution in [2.75, 3.05) is 7.11 Å². The number of aromatic nitrogens is 2. The summed E-state index contributed by atoms with van der Waals surface area (Å²) < 4.78 is 10.6. The molecule has 17 heavy (non-hydrogen) atoms. The number of benzene rings is 1. The van der Waals surface area contributed by atoms with Gasteiger partial charge in [-0.25, -0.2) is 4.79 Å². The molecular weight excluding hydrogens is 335 g/mol. The zero-order valence-electron chi connectivity index (χ0n) is 9.23. The van der Waals surface area contributed by atoms with Gasteiger partial charge < -0.3 is 9.26 Å². The van der Waals surface area contributed by atoms with Crippen LogP contribution >= 0.6 is 22.6 Å². The number of halogens is 1. The molecule has 0 radical (unpaired) electrons. The highest BCUT2D eigenvalue weighted by molar-refractivity contribution is 14.1. The molecule has 2 aromatic rings. The molecular formula is C11H9IN2O3. The van der Waals surface area contributed by atoms with Gasteiger partial charge in [-0.1, -0.05) is 5.16 Å². The molecule has 0 aliphatic rings. The Bertz CT molecular complexity index is 566. The van der Waals surface area contributed by atoms with Crippen molar-refractivity contribution in [3.63, 3.8) is 0 Å². The van der Waals surface area contributed by atoms with E-state index < -0.39 is 0 Å². The lowest BCUT2D eigenvalue weighted by Crippen LogP contribution is -2.01. The number of hydrogen-bond acceptors (Lipinski definition) is 5. The predicted octanol–water partition coefficient (Wildman–Crippen LogP) is 2.44. The number of carbonyl (C=O) groups excluding carboxylic acids is 1. The summed E-state index contributed by atoms with van der Waals surface area (Å²) in [6, 6.07) is 5.16. The van der Waals surface area contributed by atoms with Gasteiger partial charge in [0.2, 0.25) is 0 Å². The molecule has 0 amide bonds. The van der Waals surface area contributed by atoms with E-state index in [1.165, 1.54) is 7.11 Å². The van der Waals surface area contributed by atoms with Crippen LogP contribution in [0.3, 0.4) is 0 Å². The normalized spacial score (nSPS) is 10.3. The van der Waals surface area contributed by atoms with Crippen LogP contribution in [0.2, 0.25) is 0 Å². The largest absolute Gasteiger partial charge is 0.465 e. The first-order chi connectivity index (χ1) is 8.11. The number of rotatable bonds is 2. The van der Waals surface area contributed by atoms with E-state index in [0.29, 0.717) is 17.3 Å². The summed E-state index contributed by atoms with van der Waals surface area (Å²) in [5, 5.41) is 3.73. The van der Waals surface area contributed by atoms with E-state index in [1.54, 1.807) is 25.1 Å². The second-order valence-electron chi connectivity index (χ2n) is 3.33. The monoisotopic (exact) mass is 344 g/mol. The van der Waals surface area contributed by atoms with Gasteiger partial charge in [0, 0.05) is 3.57 Å². The number of esters is 1. The van der Waals surface area contributed by atoms with Crippen LogP contribution < -0.4 is 0 Å². The van der Waals surface area contributed by atoms with E-state index in [0.717, 1.165) is 9.13 Å². The molecule has 0 bridgehead atoms. The molecule has 0 aliphatic heterocycles. The van der Waals surface area contributed by atoms with Gasteiger partial charge in [0.1, 0.15) is 0 Å². The predicted molar refractivity (Wildman–Crippen MR) is 68.5 cm³/mol. The Labute approximate surface area is 111 Å². The van der Waals surface area contributed by atoms with E-state index >= 15 is 0 Å². The van der Waals surface area contributed by atoms with Crippen molar-refractivity contribution in [1.29, 1.82) is 0 Å². The molecule has 1 aromatic carbocycles. The summed E-state index contributed by atoms with van der Waals surface area (Å²) >= 11 is 2.11. The first-order valence-corrected chi connectivity index (χ1v) is 5.88. The van der Waals surface area contributed by atoms with Gasteiger partial charge in [-0.05, 0) is 47.7 Å². The van der Waals surface area contributed by atoms with Gasteiger partial charge in [-0.15, -0.1) is 0 Å². The smallest absolute Gasteiger partial charge is 0.337 e. The van der Waals surface area contributed by atoms with Crippen LogP contribution in [0.15, 0.2) is 22.7 Å². The Hall–Kier alpha value is -1.44. The third-order valence-electron chi connectivity index (χ3n) is 2.15. The highest BCUT2D eigenvalue weighted by Crippen LogP contribution is 2.24. The average Bonchev–Trinajstić information content (AvgIpc) is 2.74. The number of nitrogens with zero attached hydrogens (tertiary/aromatic N) is 2. The highest BCUT2D eigenvalue weighted by Gasteiger charge is 2.13. The van der Waals surface area contributed by atoms with E-state index in [2.05, 4.69) is 37.5 Å². The molecule has 0 saturated carbocycles. The van der Waals surface area contributed by atoms with Crippen molar-refractivity contribution in [2.24, 2.45) is 0 Å². The Kier molecular flexibility index (Phi) is 3.41. The van der Waals surface area contributed by atoms with Gasteiger partial charge in [0.25, 0.3) is 5.89 Å². The number of hydrogen-bond donors (Lipinski definition) is 0. The summed E-state index contributed by atoms with van der Waals surface area (Å²) in [6.07, 6.45) is 0. The van der Waals surface area contributed by atoms with Crippen molar-refractivity contribution in [2.45, 2.75) is 6.92 Å². The van der Waals surface area contributed by atoms with Crippen molar-refractivity contribution < 1.29 is 14.1 Å². The molecule has 0 unspecified atom stereocenters. The van der Waals surface area contributed by atoms with Crippen molar-refractivity contribution in [3.05, 3.63) is 33.2 Å². The second-order valence-corrected chi connectivity index (χ2v) is 4.50. The maximum atomic E-state index is 11.3. The lowest BCUT2D eigenvalue weighted by atomic mass is 10.1. The summed E-state index contributed by atoms with van der Waals surface area (Å²) in [6.45, 7) is 1.75. The van der Waals surface area contributed by atoms with Crippen LogP contribution in [0.25, 0.3) is 11.5 Å². The molecule has 0 atom stereocenters. The molecule has 6 heteroatoms. The Morgan fingerprint density at radius 1 is 1.47 bits per heavy atom. The minimum absolute atomic E-state index is 0.365. The molecule has 5 nitrogen and oxygen atoms in total.